The number of hydrogen-bond donors (Lipinski definition) is 2. The lowest BCUT2D eigenvalue weighted by molar-refractivity contribution is -0.127. The van der Waals surface area contributed by atoms with Crippen LogP contribution in [-0.4, -0.2) is 50.9 Å². The summed E-state index contributed by atoms with van der Waals surface area (Å²) in [6, 6.07) is 7.01. The predicted octanol–water partition coefficient (Wildman–Crippen LogP) is 0.484. The molecule has 0 saturated carbocycles. The van der Waals surface area contributed by atoms with E-state index in [0.717, 1.165) is 18.7 Å². The van der Waals surface area contributed by atoms with Crippen LogP contribution >= 0.6 is 0 Å². The third kappa shape index (κ3) is 3.57. The highest BCUT2D eigenvalue weighted by atomic mass is 32.2. The highest BCUT2D eigenvalue weighted by Crippen LogP contribution is 2.21. The summed E-state index contributed by atoms with van der Waals surface area (Å²) in [6.45, 7) is 4.31. The van der Waals surface area contributed by atoms with Crippen molar-refractivity contribution in [2.45, 2.75) is 30.7 Å². The zero-order valence-electron chi connectivity index (χ0n) is 13.3. The summed E-state index contributed by atoms with van der Waals surface area (Å²) < 4.78 is 26.8. The lowest BCUT2D eigenvalue weighted by Crippen LogP contribution is -2.54. The maximum atomic E-state index is 12.6. The van der Waals surface area contributed by atoms with Crippen molar-refractivity contribution in [3.63, 3.8) is 0 Å². The number of carbonyl (C=O) groups excluding carboxylic acids is 1. The van der Waals surface area contributed by atoms with Gasteiger partial charge in [-0.1, -0.05) is 17.7 Å². The molecule has 6 nitrogen and oxygen atoms in total. The smallest absolute Gasteiger partial charge is 0.243 e. The number of benzene rings is 1. The average molecular weight is 337 g/mol. The minimum absolute atomic E-state index is 0.0734. The van der Waals surface area contributed by atoms with Crippen molar-refractivity contribution >= 4 is 15.9 Å². The molecule has 1 aromatic carbocycles. The van der Waals surface area contributed by atoms with Gasteiger partial charge in [0.05, 0.1) is 10.8 Å². The predicted molar refractivity (Wildman–Crippen MR) is 87.5 cm³/mol. The van der Waals surface area contributed by atoms with E-state index < -0.39 is 10.0 Å². The third-order valence-corrected chi connectivity index (χ3v) is 6.52. The second-order valence-corrected chi connectivity index (χ2v) is 8.29. The molecule has 0 aromatic heterocycles. The van der Waals surface area contributed by atoms with Crippen LogP contribution in [0.25, 0.3) is 0 Å². The molecule has 1 amide bonds. The first-order valence-corrected chi connectivity index (χ1v) is 9.49. The van der Waals surface area contributed by atoms with Crippen LogP contribution in [0, 0.1) is 12.8 Å². The summed E-state index contributed by atoms with van der Waals surface area (Å²) in [5.74, 6) is 0.160. The van der Waals surface area contributed by atoms with E-state index in [2.05, 4.69) is 10.6 Å². The maximum absolute atomic E-state index is 12.6. The van der Waals surface area contributed by atoms with Gasteiger partial charge in [0, 0.05) is 32.2 Å². The van der Waals surface area contributed by atoms with Crippen molar-refractivity contribution < 1.29 is 13.2 Å². The molecule has 2 fully saturated rings. The molecule has 0 unspecified atom stereocenters. The van der Waals surface area contributed by atoms with Crippen LogP contribution in [-0.2, 0) is 14.8 Å². The summed E-state index contributed by atoms with van der Waals surface area (Å²) in [5.41, 5.74) is 1.04. The van der Waals surface area contributed by atoms with Crippen LogP contribution in [0.2, 0.25) is 0 Å². The van der Waals surface area contributed by atoms with Gasteiger partial charge in [0.15, 0.2) is 0 Å². The van der Waals surface area contributed by atoms with Crippen molar-refractivity contribution in [1.82, 2.24) is 14.9 Å². The number of piperidine rings is 1. The first kappa shape index (κ1) is 16.4. The van der Waals surface area contributed by atoms with Crippen LogP contribution in [0.1, 0.15) is 18.4 Å². The standard InChI is InChI=1S/C16H23N3O3S/c1-12-2-4-15(5-3-12)23(21,22)19-8-6-14(7-9-19)18-16(20)13-10-17-11-13/h2-5,13-14,17H,6-11H2,1H3,(H,18,20). The molecule has 2 aliphatic rings. The van der Waals surface area contributed by atoms with Crippen LogP contribution < -0.4 is 10.6 Å². The van der Waals surface area contributed by atoms with E-state index in [1.807, 2.05) is 19.1 Å². The van der Waals surface area contributed by atoms with E-state index in [1.54, 1.807) is 12.1 Å². The monoisotopic (exact) mass is 337 g/mol. The lowest BCUT2D eigenvalue weighted by Gasteiger charge is -2.33. The Morgan fingerprint density at radius 3 is 2.30 bits per heavy atom. The molecular formula is C16H23N3O3S. The molecule has 7 heteroatoms. The van der Waals surface area contributed by atoms with Gasteiger partial charge >= 0.3 is 0 Å². The molecule has 126 valence electrons. The number of carbonyl (C=O) groups is 1. The molecule has 0 bridgehead atoms. The fourth-order valence-corrected chi connectivity index (χ4v) is 4.36. The first-order chi connectivity index (χ1) is 11.0. The Kier molecular flexibility index (Phi) is 4.70. The number of hydrogen-bond acceptors (Lipinski definition) is 4. The largest absolute Gasteiger partial charge is 0.353 e. The highest BCUT2D eigenvalue weighted by molar-refractivity contribution is 7.89. The van der Waals surface area contributed by atoms with E-state index in [4.69, 9.17) is 0 Å². The van der Waals surface area contributed by atoms with Gasteiger partial charge in [-0.05, 0) is 31.9 Å². The van der Waals surface area contributed by atoms with E-state index >= 15 is 0 Å². The Hall–Kier alpha value is -1.44. The summed E-state index contributed by atoms with van der Waals surface area (Å²) >= 11 is 0. The second-order valence-electron chi connectivity index (χ2n) is 6.36. The lowest BCUT2D eigenvalue weighted by atomic mass is 10.0. The van der Waals surface area contributed by atoms with Crippen LogP contribution in [0.3, 0.4) is 0 Å². The van der Waals surface area contributed by atoms with Gasteiger partial charge < -0.3 is 10.6 Å². The van der Waals surface area contributed by atoms with Crippen molar-refractivity contribution in [3.8, 4) is 0 Å². The minimum atomic E-state index is -3.43. The van der Waals surface area contributed by atoms with E-state index in [9.17, 15) is 13.2 Å². The molecule has 0 aliphatic carbocycles. The van der Waals surface area contributed by atoms with E-state index in [0.29, 0.717) is 30.8 Å². The molecule has 23 heavy (non-hydrogen) atoms. The van der Waals surface area contributed by atoms with Gasteiger partial charge in [-0.3, -0.25) is 4.79 Å². The average Bonchev–Trinajstić information content (AvgIpc) is 2.46. The van der Waals surface area contributed by atoms with Crippen molar-refractivity contribution in [3.05, 3.63) is 29.8 Å². The molecule has 2 saturated heterocycles. The molecule has 2 N–H and O–H groups in total. The molecule has 0 spiro atoms. The summed E-state index contributed by atoms with van der Waals surface area (Å²) in [4.78, 5) is 12.3. The van der Waals surface area contributed by atoms with Crippen LogP contribution in [0.5, 0.6) is 0 Å². The minimum Gasteiger partial charge on any atom is -0.353 e. The van der Waals surface area contributed by atoms with Gasteiger partial charge in [-0.25, -0.2) is 8.42 Å². The third-order valence-electron chi connectivity index (χ3n) is 4.61. The number of sulfonamides is 1. The second kappa shape index (κ2) is 6.59. The zero-order chi connectivity index (χ0) is 16.4. The molecule has 3 rings (SSSR count). The fraction of sp³-hybridized carbons (Fsp3) is 0.562. The molecule has 2 heterocycles. The Morgan fingerprint density at radius 1 is 1.17 bits per heavy atom. The van der Waals surface area contributed by atoms with Crippen molar-refractivity contribution in [2.75, 3.05) is 26.2 Å². The number of aryl methyl sites for hydroxylation is 1. The van der Waals surface area contributed by atoms with E-state index in [-0.39, 0.29) is 17.9 Å². The quantitative estimate of drug-likeness (QED) is 0.838. The van der Waals surface area contributed by atoms with Gasteiger partial charge in [0.2, 0.25) is 15.9 Å². The normalized spacial score (nSPS) is 20.9. The van der Waals surface area contributed by atoms with Gasteiger partial charge in [-0.2, -0.15) is 4.31 Å². The van der Waals surface area contributed by atoms with Crippen molar-refractivity contribution in [1.29, 1.82) is 0 Å². The van der Waals surface area contributed by atoms with Crippen molar-refractivity contribution in [2.24, 2.45) is 5.92 Å². The number of amides is 1. The Balaban J connectivity index is 1.57. The van der Waals surface area contributed by atoms with Crippen LogP contribution in [0.15, 0.2) is 29.2 Å². The number of nitrogens with zero attached hydrogens (tertiary/aromatic N) is 1. The van der Waals surface area contributed by atoms with E-state index in [1.165, 1.54) is 4.31 Å². The van der Waals surface area contributed by atoms with Gasteiger partial charge in [0.25, 0.3) is 0 Å². The highest BCUT2D eigenvalue weighted by Gasteiger charge is 2.32. The SMILES string of the molecule is Cc1ccc(S(=O)(=O)N2CCC(NC(=O)C3CNC3)CC2)cc1. The van der Waals surface area contributed by atoms with Gasteiger partial charge in [-0.15, -0.1) is 0 Å². The first-order valence-electron chi connectivity index (χ1n) is 8.05. The van der Waals surface area contributed by atoms with Crippen LogP contribution in [0.4, 0.5) is 0 Å². The molecule has 0 atom stereocenters. The molecular weight excluding hydrogens is 314 g/mol. The fourth-order valence-electron chi connectivity index (χ4n) is 2.89. The summed E-state index contributed by atoms with van der Waals surface area (Å²) in [7, 11) is -3.43. The Labute approximate surface area is 137 Å². The molecule has 0 radical (unpaired) electrons. The Morgan fingerprint density at radius 2 is 1.78 bits per heavy atom. The summed E-state index contributed by atoms with van der Waals surface area (Å²) in [6.07, 6.45) is 1.33. The topological polar surface area (TPSA) is 78.5 Å². The summed E-state index contributed by atoms with van der Waals surface area (Å²) in [5, 5.41) is 6.12. The number of rotatable bonds is 4. The molecule has 2 aliphatic heterocycles. The molecule has 1 aromatic rings. The Bertz CT molecular complexity index is 660. The van der Waals surface area contributed by atoms with Gasteiger partial charge in [0.1, 0.15) is 0 Å². The maximum Gasteiger partial charge on any atom is 0.243 e. The zero-order valence-corrected chi connectivity index (χ0v) is 14.1. The number of nitrogens with one attached hydrogen (secondary N) is 2.